The van der Waals surface area contributed by atoms with Crippen molar-refractivity contribution in [3.8, 4) is 0 Å². The van der Waals surface area contributed by atoms with E-state index in [9.17, 15) is 9.59 Å². The average Bonchev–Trinajstić information content (AvgIpc) is 3.20. The lowest BCUT2D eigenvalue weighted by Gasteiger charge is -2.20. The van der Waals surface area contributed by atoms with Crippen LogP contribution in [0.2, 0.25) is 0 Å². The summed E-state index contributed by atoms with van der Waals surface area (Å²) in [4.78, 5) is 33.7. The topological polar surface area (TPSA) is 93.3 Å². The Morgan fingerprint density at radius 2 is 1.63 bits per heavy atom. The zero-order valence-electron chi connectivity index (χ0n) is 22.8. The third-order valence-electron chi connectivity index (χ3n) is 5.59. The third kappa shape index (κ3) is 6.86. The lowest BCUT2D eigenvalue weighted by atomic mass is 10.0. The van der Waals surface area contributed by atoms with Crippen molar-refractivity contribution in [2.75, 3.05) is 6.54 Å². The maximum absolute atomic E-state index is 13.3. The Bertz CT molecular complexity index is 1490. The van der Waals surface area contributed by atoms with Gasteiger partial charge in [-0.25, -0.2) is 9.78 Å². The molecule has 2 heterocycles. The number of carbonyl (C=O) groups is 2. The Kier molecular flexibility index (Phi) is 7.69. The molecule has 0 atom stereocenters. The van der Waals surface area contributed by atoms with Crippen LogP contribution in [-0.4, -0.2) is 39.7 Å². The molecule has 38 heavy (non-hydrogen) atoms. The molecule has 4 aromatic rings. The van der Waals surface area contributed by atoms with Crippen LogP contribution in [0.15, 0.2) is 54.7 Å². The van der Waals surface area contributed by atoms with Crippen LogP contribution < -0.4 is 5.32 Å². The molecule has 2 aromatic carbocycles. The van der Waals surface area contributed by atoms with E-state index in [-0.39, 0.29) is 19.1 Å². The Morgan fingerprint density at radius 3 is 2.32 bits per heavy atom. The van der Waals surface area contributed by atoms with Crippen LogP contribution in [0.5, 0.6) is 0 Å². The zero-order valence-corrected chi connectivity index (χ0v) is 22.8. The molecule has 4 rings (SSSR count). The van der Waals surface area contributed by atoms with E-state index in [0.29, 0.717) is 22.2 Å². The highest BCUT2D eigenvalue weighted by Gasteiger charge is 2.26. The van der Waals surface area contributed by atoms with Crippen molar-refractivity contribution in [3.05, 3.63) is 77.2 Å². The number of nitrogens with zero attached hydrogens (tertiary/aromatic N) is 1. The minimum absolute atomic E-state index is 0.00162. The number of hydrogen-bond acceptors (Lipinski definition) is 6. The van der Waals surface area contributed by atoms with Crippen molar-refractivity contribution in [1.82, 2.24) is 15.3 Å². The van der Waals surface area contributed by atoms with E-state index >= 15 is 0 Å². The molecule has 2 aromatic heterocycles. The predicted octanol–water partition coefficient (Wildman–Crippen LogP) is 6.27. The summed E-state index contributed by atoms with van der Waals surface area (Å²) in [6.45, 7) is 11.2. The van der Waals surface area contributed by atoms with E-state index in [1.165, 1.54) is 0 Å². The van der Waals surface area contributed by atoms with Crippen LogP contribution in [0.1, 0.15) is 68.9 Å². The molecule has 0 fully saturated rings. The van der Waals surface area contributed by atoms with Crippen molar-refractivity contribution >= 4 is 45.8 Å². The summed E-state index contributed by atoms with van der Waals surface area (Å²) in [5.41, 5.74) is 2.40. The summed E-state index contributed by atoms with van der Waals surface area (Å²) in [6, 6.07) is 16.0. The highest BCUT2D eigenvalue weighted by atomic mass is 16.6. The molecule has 0 bridgehead atoms. The molecule has 7 heteroatoms. The van der Waals surface area contributed by atoms with Crippen molar-refractivity contribution in [1.29, 1.82) is 0 Å². The second-order valence-corrected chi connectivity index (χ2v) is 11.2. The molecular formula is C31H35N3O4. The first-order valence-electron chi connectivity index (χ1n) is 12.7. The van der Waals surface area contributed by atoms with Gasteiger partial charge in [0.25, 0.3) is 0 Å². The summed E-state index contributed by atoms with van der Waals surface area (Å²) in [6.07, 6.45) is 5.98. The first-order chi connectivity index (χ1) is 17.9. The molecule has 0 aliphatic heterocycles. The molecule has 0 saturated carbocycles. The van der Waals surface area contributed by atoms with Crippen LogP contribution >= 0.6 is 0 Å². The molecule has 0 aliphatic carbocycles. The molecular weight excluding hydrogens is 478 g/mol. The number of pyridine rings is 1. The molecule has 2 N–H and O–H groups in total. The Morgan fingerprint density at radius 1 is 0.921 bits per heavy atom. The van der Waals surface area contributed by atoms with E-state index in [1.807, 2.05) is 108 Å². The van der Waals surface area contributed by atoms with Crippen LogP contribution in [-0.2, 0) is 20.8 Å². The van der Waals surface area contributed by atoms with Gasteiger partial charge in [-0.05, 0) is 64.6 Å². The lowest BCUT2D eigenvalue weighted by Crippen LogP contribution is -2.31. The second-order valence-electron chi connectivity index (χ2n) is 11.2. The minimum Gasteiger partial charge on any atom is -0.459 e. The maximum atomic E-state index is 13.3. The summed E-state index contributed by atoms with van der Waals surface area (Å²) < 4.78 is 11.1. The average molecular weight is 514 g/mol. The van der Waals surface area contributed by atoms with Gasteiger partial charge in [-0.15, -0.1) is 0 Å². The second kappa shape index (κ2) is 10.8. The molecule has 198 valence electrons. The summed E-state index contributed by atoms with van der Waals surface area (Å²) >= 11 is 0. The largest absolute Gasteiger partial charge is 0.459 e. The van der Waals surface area contributed by atoms with Gasteiger partial charge in [-0.2, -0.15) is 0 Å². The number of benzene rings is 2. The fraction of sp³-hybridized carbons (Fsp3) is 0.323. The van der Waals surface area contributed by atoms with Gasteiger partial charge in [0, 0.05) is 29.2 Å². The van der Waals surface area contributed by atoms with Crippen LogP contribution in [0, 0.1) is 0 Å². The number of hydrogen-bond donors (Lipinski definition) is 2. The van der Waals surface area contributed by atoms with Gasteiger partial charge in [0.1, 0.15) is 11.2 Å². The van der Waals surface area contributed by atoms with Gasteiger partial charge < -0.3 is 19.8 Å². The Labute approximate surface area is 223 Å². The van der Waals surface area contributed by atoms with E-state index in [4.69, 9.17) is 14.5 Å². The fourth-order valence-corrected chi connectivity index (χ4v) is 4.12. The van der Waals surface area contributed by atoms with Crippen LogP contribution in [0.3, 0.4) is 0 Å². The number of esters is 2. The van der Waals surface area contributed by atoms with Crippen molar-refractivity contribution in [2.24, 2.45) is 0 Å². The Balaban J connectivity index is 1.72. The predicted molar refractivity (Wildman–Crippen MR) is 152 cm³/mol. The Hall–Kier alpha value is -3.97. The van der Waals surface area contributed by atoms with Crippen LogP contribution in [0.4, 0.5) is 0 Å². The maximum Gasteiger partial charge on any atom is 0.341 e. The minimum atomic E-state index is -0.664. The smallest absolute Gasteiger partial charge is 0.341 e. The quantitative estimate of drug-likeness (QED) is 0.283. The van der Waals surface area contributed by atoms with E-state index in [0.717, 1.165) is 22.0 Å². The number of ether oxygens (including phenoxy) is 2. The first-order valence-corrected chi connectivity index (χ1v) is 12.7. The molecule has 0 unspecified atom stereocenters. The van der Waals surface area contributed by atoms with E-state index < -0.39 is 17.2 Å². The highest BCUT2D eigenvalue weighted by molar-refractivity contribution is 6.14. The normalized spacial score (nSPS) is 12.4. The SMILES string of the molecule is CC(C)(C)OC(=O)CNCc1nc2c(ccc3c[nH]c(/C=C/c4ccccc4)cc32)c1C(=O)OC(C)(C)C. The molecule has 0 aliphatic rings. The molecule has 0 spiro atoms. The van der Waals surface area contributed by atoms with Gasteiger partial charge in [0.2, 0.25) is 0 Å². The lowest BCUT2D eigenvalue weighted by molar-refractivity contribution is -0.153. The number of carbonyl (C=O) groups excluding carboxylic acids is 2. The molecule has 7 nitrogen and oxygen atoms in total. The highest BCUT2D eigenvalue weighted by Crippen LogP contribution is 2.31. The molecule has 0 amide bonds. The van der Waals surface area contributed by atoms with Gasteiger partial charge in [0.15, 0.2) is 0 Å². The van der Waals surface area contributed by atoms with Gasteiger partial charge in [-0.3, -0.25) is 4.79 Å². The monoisotopic (exact) mass is 513 g/mol. The number of aromatic amines is 1. The first kappa shape index (κ1) is 27.1. The fourth-order valence-electron chi connectivity index (χ4n) is 4.12. The number of fused-ring (bicyclic) bond motifs is 3. The summed E-state index contributed by atoms with van der Waals surface area (Å²) in [5.74, 6) is -0.816. The van der Waals surface area contributed by atoms with E-state index in [1.54, 1.807) is 0 Å². The standard InChI is InChI=1S/C31H35N3O4/c1-30(2,3)37-26(35)19-32-18-25-27(29(36)38-31(4,5)6)23-15-13-21-17-33-22(16-24(21)28(23)34-25)14-12-20-10-8-7-9-11-20/h7-17,32-33H,18-19H2,1-6H3/b14-12+. The van der Waals surface area contributed by atoms with Gasteiger partial charge in [-0.1, -0.05) is 48.5 Å². The number of rotatable bonds is 7. The van der Waals surface area contributed by atoms with Gasteiger partial charge in [0.05, 0.1) is 23.3 Å². The van der Waals surface area contributed by atoms with Crippen molar-refractivity contribution in [3.63, 3.8) is 0 Å². The van der Waals surface area contributed by atoms with E-state index in [2.05, 4.69) is 10.3 Å². The molecule has 0 radical (unpaired) electrons. The number of aromatic nitrogens is 2. The number of H-pyrrole nitrogens is 1. The van der Waals surface area contributed by atoms with Crippen molar-refractivity contribution in [2.45, 2.75) is 59.3 Å². The zero-order chi connectivity index (χ0) is 27.5. The van der Waals surface area contributed by atoms with Crippen molar-refractivity contribution < 1.29 is 19.1 Å². The summed E-state index contributed by atoms with van der Waals surface area (Å²) in [7, 11) is 0. The number of nitrogens with one attached hydrogen (secondary N) is 2. The molecule has 0 saturated heterocycles. The van der Waals surface area contributed by atoms with Gasteiger partial charge >= 0.3 is 11.9 Å². The summed E-state index contributed by atoms with van der Waals surface area (Å²) in [5, 5.41) is 5.67. The third-order valence-corrected chi connectivity index (χ3v) is 5.59. The van der Waals surface area contributed by atoms with Crippen LogP contribution in [0.25, 0.3) is 33.8 Å².